The van der Waals surface area contributed by atoms with E-state index in [4.69, 9.17) is 19.4 Å². The van der Waals surface area contributed by atoms with Gasteiger partial charge in [0.1, 0.15) is 5.58 Å². The van der Waals surface area contributed by atoms with Gasteiger partial charge in [-0.15, -0.1) is 0 Å². The number of rotatable bonds is 4. The summed E-state index contributed by atoms with van der Waals surface area (Å²) in [6.45, 7) is 0. The van der Waals surface area contributed by atoms with Crippen molar-refractivity contribution >= 4 is 32.8 Å². The summed E-state index contributed by atoms with van der Waals surface area (Å²) in [6, 6.07) is 48.2. The fourth-order valence-corrected chi connectivity index (χ4v) is 6.98. The van der Waals surface area contributed by atoms with Crippen molar-refractivity contribution in [1.82, 2.24) is 19.9 Å². The molecule has 1 aliphatic rings. The van der Waals surface area contributed by atoms with Crippen molar-refractivity contribution in [3.8, 4) is 67.5 Å². The van der Waals surface area contributed by atoms with Crippen molar-refractivity contribution in [1.29, 1.82) is 0 Å². The van der Waals surface area contributed by atoms with Crippen LogP contribution in [-0.4, -0.2) is 19.9 Å². The fourth-order valence-electron chi connectivity index (χ4n) is 6.98. The van der Waals surface area contributed by atoms with E-state index in [1.54, 1.807) is 6.20 Å². The molecule has 6 aromatic carbocycles. The monoisotopic (exact) mass is 600 g/mol. The van der Waals surface area contributed by atoms with E-state index in [0.717, 1.165) is 44.2 Å². The highest BCUT2D eigenvalue weighted by atomic mass is 16.3. The lowest BCUT2D eigenvalue weighted by atomic mass is 9.95. The lowest BCUT2D eigenvalue weighted by Gasteiger charge is -2.09. The summed E-state index contributed by atoms with van der Waals surface area (Å²) in [6.07, 6.45) is 1.76. The lowest BCUT2D eigenvalue weighted by molar-refractivity contribution is 0.654. The molecular formula is C42H24N4O. The van der Waals surface area contributed by atoms with Crippen molar-refractivity contribution in [2.45, 2.75) is 0 Å². The van der Waals surface area contributed by atoms with Crippen molar-refractivity contribution < 1.29 is 4.42 Å². The average molecular weight is 601 g/mol. The molecule has 1 aliphatic carbocycles. The Labute approximate surface area is 269 Å². The number of pyridine rings is 1. The van der Waals surface area contributed by atoms with Gasteiger partial charge in [-0.1, -0.05) is 109 Å². The summed E-state index contributed by atoms with van der Waals surface area (Å²) in [5, 5.41) is 4.40. The minimum absolute atomic E-state index is 0.549. The first-order chi connectivity index (χ1) is 23.3. The summed E-state index contributed by atoms with van der Waals surface area (Å²) in [5.74, 6) is 1.80. The highest BCUT2D eigenvalue weighted by molar-refractivity contribution is 6.17. The van der Waals surface area contributed by atoms with Gasteiger partial charge in [0.2, 0.25) is 5.71 Å². The number of furan rings is 1. The van der Waals surface area contributed by atoms with Crippen LogP contribution in [0.5, 0.6) is 0 Å². The maximum Gasteiger partial charge on any atom is 0.228 e. The van der Waals surface area contributed by atoms with Crippen LogP contribution in [0.1, 0.15) is 0 Å². The Morgan fingerprint density at radius 3 is 1.81 bits per heavy atom. The zero-order valence-electron chi connectivity index (χ0n) is 25.1. The van der Waals surface area contributed by atoms with Gasteiger partial charge < -0.3 is 4.42 Å². The van der Waals surface area contributed by atoms with E-state index in [-0.39, 0.29) is 0 Å². The quantitative estimate of drug-likeness (QED) is 0.201. The van der Waals surface area contributed by atoms with Crippen LogP contribution < -0.4 is 0 Å². The molecule has 0 atom stereocenters. The first-order valence-electron chi connectivity index (χ1n) is 15.6. The first-order valence-corrected chi connectivity index (χ1v) is 15.6. The number of aromatic nitrogens is 4. The van der Waals surface area contributed by atoms with E-state index in [2.05, 4.69) is 77.8 Å². The van der Waals surface area contributed by atoms with Crippen LogP contribution in [0, 0.1) is 0 Å². The molecule has 3 heterocycles. The predicted molar refractivity (Wildman–Crippen MR) is 189 cm³/mol. The number of hydrogen-bond donors (Lipinski definition) is 0. The van der Waals surface area contributed by atoms with Gasteiger partial charge in [0.25, 0.3) is 0 Å². The predicted octanol–water partition coefficient (Wildman–Crippen LogP) is 10.6. The molecule has 5 nitrogen and oxygen atoms in total. The molecule has 0 saturated heterocycles. The Hall–Kier alpha value is -6.46. The molecule has 0 saturated carbocycles. The topological polar surface area (TPSA) is 64.7 Å². The van der Waals surface area contributed by atoms with Gasteiger partial charge in [-0.05, 0) is 74.5 Å². The van der Waals surface area contributed by atoms with E-state index in [0.29, 0.717) is 23.2 Å². The molecule has 218 valence electrons. The van der Waals surface area contributed by atoms with Gasteiger partial charge in [-0.25, -0.2) is 19.9 Å². The van der Waals surface area contributed by atoms with E-state index >= 15 is 0 Å². The summed E-state index contributed by atoms with van der Waals surface area (Å²) >= 11 is 0. The Balaban J connectivity index is 1.15. The maximum atomic E-state index is 6.43. The second kappa shape index (κ2) is 10.0. The van der Waals surface area contributed by atoms with Gasteiger partial charge in [0.05, 0.1) is 5.39 Å². The van der Waals surface area contributed by atoms with Gasteiger partial charge in [0.15, 0.2) is 17.5 Å². The number of hydrogen-bond acceptors (Lipinski definition) is 5. The van der Waals surface area contributed by atoms with Crippen LogP contribution in [0.15, 0.2) is 150 Å². The van der Waals surface area contributed by atoms with Crippen LogP contribution in [0.2, 0.25) is 0 Å². The Kier molecular flexibility index (Phi) is 5.51. The molecule has 0 N–H and O–H groups in total. The molecule has 3 aromatic heterocycles. The molecule has 5 heteroatoms. The molecule has 10 rings (SSSR count). The molecule has 0 amide bonds. The van der Waals surface area contributed by atoms with Gasteiger partial charge in [0, 0.05) is 28.3 Å². The number of fused-ring (bicyclic) bond motifs is 6. The number of nitrogens with zero attached hydrogens (tertiary/aromatic N) is 4. The molecule has 0 bridgehead atoms. The second-order valence-corrected chi connectivity index (χ2v) is 11.9. The molecule has 0 aliphatic heterocycles. The van der Waals surface area contributed by atoms with Crippen LogP contribution in [0.25, 0.3) is 100 Å². The van der Waals surface area contributed by atoms with Crippen LogP contribution in [0.3, 0.4) is 0 Å². The largest absolute Gasteiger partial charge is 0.438 e. The zero-order chi connectivity index (χ0) is 30.9. The van der Waals surface area contributed by atoms with Gasteiger partial charge in [-0.3, -0.25) is 0 Å². The highest BCUT2D eigenvalue weighted by Gasteiger charge is 2.23. The van der Waals surface area contributed by atoms with E-state index in [1.807, 2.05) is 66.7 Å². The van der Waals surface area contributed by atoms with Crippen molar-refractivity contribution in [3.63, 3.8) is 0 Å². The first kappa shape index (κ1) is 25.8. The van der Waals surface area contributed by atoms with E-state index in [1.165, 1.54) is 33.0 Å². The maximum absolute atomic E-state index is 6.43. The normalized spacial score (nSPS) is 11.8. The molecule has 47 heavy (non-hydrogen) atoms. The lowest BCUT2D eigenvalue weighted by Crippen LogP contribution is -2.00. The highest BCUT2D eigenvalue weighted by Crippen LogP contribution is 2.49. The molecule has 0 radical (unpaired) electrons. The fraction of sp³-hybridized carbons (Fsp3) is 0. The second-order valence-electron chi connectivity index (χ2n) is 11.9. The Morgan fingerprint density at radius 2 is 1.06 bits per heavy atom. The SMILES string of the molecule is c1ccc(-c2nc(-c3ccccc3)nc(-c3ccnc4oc5cc(-c6cc7c8c(cccc8c6)-c6ccccc6-7)ccc5c34)n2)cc1. The molecule has 0 unspecified atom stereocenters. The third-order valence-electron chi connectivity index (χ3n) is 9.13. The minimum atomic E-state index is 0.549. The van der Waals surface area contributed by atoms with Crippen LogP contribution in [0.4, 0.5) is 0 Å². The average Bonchev–Trinajstić information content (AvgIpc) is 3.68. The summed E-state index contributed by atoms with van der Waals surface area (Å²) in [7, 11) is 0. The summed E-state index contributed by atoms with van der Waals surface area (Å²) in [4.78, 5) is 19.5. The third-order valence-corrected chi connectivity index (χ3v) is 9.13. The van der Waals surface area contributed by atoms with Crippen LogP contribution >= 0.6 is 0 Å². The van der Waals surface area contributed by atoms with Gasteiger partial charge in [-0.2, -0.15) is 0 Å². The van der Waals surface area contributed by atoms with E-state index in [9.17, 15) is 0 Å². The van der Waals surface area contributed by atoms with Crippen LogP contribution in [-0.2, 0) is 0 Å². The Bertz CT molecular complexity index is 2620. The van der Waals surface area contributed by atoms with Crippen molar-refractivity contribution in [2.75, 3.05) is 0 Å². The molecule has 0 fully saturated rings. The zero-order valence-corrected chi connectivity index (χ0v) is 25.1. The third kappa shape index (κ3) is 4.03. The minimum Gasteiger partial charge on any atom is -0.438 e. The molecule has 9 aromatic rings. The summed E-state index contributed by atoms with van der Waals surface area (Å²) in [5.41, 5.74) is 11.4. The molecular weight excluding hydrogens is 576 g/mol. The molecule has 0 spiro atoms. The van der Waals surface area contributed by atoms with Crippen molar-refractivity contribution in [3.05, 3.63) is 146 Å². The van der Waals surface area contributed by atoms with Crippen molar-refractivity contribution in [2.24, 2.45) is 0 Å². The number of benzene rings is 6. The standard InChI is InChI=1S/C42H24N4O/c1-3-10-25(11-4-1)39-44-40(26-12-5-2-6-13-26)46-41(45-39)34-20-21-43-42-38(34)33-19-18-27(24-36(33)47-42)29-22-28-14-9-17-32-30-15-7-8-16-31(30)35(23-29)37(28)32/h1-24H. The van der Waals surface area contributed by atoms with E-state index < -0.39 is 0 Å². The smallest absolute Gasteiger partial charge is 0.228 e. The Morgan fingerprint density at radius 1 is 0.404 bits per heavy atom. The summed E-state index contributed by atoms with van der Waals surface area (Å²) < 4.78 is 6.43. The van der Waals surface area contributed by atoms with Gasteiger partial charge >= 0.3 is 0 Å².